The van der Waals surface area contributed by atoms with Crippen LogP contribution in [0.25, 0.3) is 10.8 Å². The van der Waals surface area contributed by atoms with E-state index in [1.807, 2.05) is 30.3 Å². The van der Waals surface area contributed by atoms with E-state index in [4.69, 9.17) is 19.7 Å². The van der Waals surface area contributed by atoms with Crippen molar-refractivity contribution in [1.29, 1.82) is 0 Å². The first-order valence-electron chi connectivity index (χ1n) is 16.9. The highest BCUT2D eigenvalue weighted by atomic mass is 16.5. The van der Waals surface area contributed by atoms with Crippen LogP contribution in [0, 0.1) is 12.8 Å². The minimum Gasteiger partial charge on any atom is -0.470 e. The van der Waals surface area contributed by atoms with Crippen LogP contribution in [0.5, 0.6) is 5.88 Å². The number of ether oxygens (including phenoxy) is 2. The van der Waals surface area contributed by atoms with Crippen LogP contribution in [-0.4, -0.2) is 82.6 Å². The van der Waals surface area contributed by atoms with Gasteiger partial charge in [0, 0.05) is 44.1 Å². The summed E-state index contributed by atoms with van der Waals surface area (Å²) in [5.41, 5.74) is 4.23. The topological polar surface area (TPSA) is 183 Å². The minimum absolute atomic E-state index is 0.0173. The van der Waals surface area contributed by atoms with Crippen molar-refractivity contribution in [2.24, 2.45) is 16.6 Å². The third-order valence-electron chi connectivity index (χ3n) is 9.77. The van der Waals surface area contributed by atoms with Gasteiger partial charge in [0.1, 0.15) is 29.2 Å². The second-order valence-electron chi connectivity index (χ2n) is 13.2. The second-order valence-corrected chi connectivity index (χ2v) is 13.2. The summed E-state index contributed by atoms with van der Waals surface area (Å²) in [7, 11) is 0. The summed E-state index contributed by atoms with van der Waals surface area (Å²) in [5.74, 6) is -2.98. The molecule has 3 heterocycles. The maximum absolute atomic E-state index is 14.5. The normalized spacial score (nSPS) is 21.3. The molecule has 3 aliphatic rings. The van der Waals surface area contributed by atoms with Gasteiger partial charge in [-0.3, -0.25) is 24.0 Å². The molecule has 6 rings (SSSR count). The predicted molar refractivity (Wildman–Crippen MR) is 178 cm³/mol. The van der Waals surface area contributed by atoms with Crippen LogP contribution in [0.15, 0.2) is 58.0 Å². The van der Waals surface area contributed by atoms with Gasteiger partial charge in [0.15, 0.2) is 0 Å². The highest BCUT2D eigenvalue weighted by molar-refractivity contribution is 6.41. The molecule has 0 bridgehead atoms. The van der Waals surface area contributed by atoms with Crippen LogP contribution >= 0.6 is 0 Å². The number of nitrogens with zero attached hydrogens (tertiary/aromatic N) is 3. The summed E-state index contributed by atoms with van der Waals surface area (Å²) in [6.45, 7) is 1.97. The molecule has 13 nitrogen and oxygen atoms in total. The van der Waals surface area contributed by atoms with Crippen LogP contribution in [0.3, 0.4) is 0 Å². The van der Waals surface area contributed by atoms with Crippen molar-refractivity contribution in [2.45, 2.75) is 82.4 Å². The number of rotatable bonds is 10. The highest BCUT2D eigenvalue weighted by Gasteiger charge is 2.48. The lowest BCUT2D eigenvalue weighted by Crippen LogP contribution is -2.63. The molecule has 49 heavy (non-hydrogen) atoms. The van der Waals surface area contributed by atoms with Crippen LogP contribution in [-0.2, 0) is 23.9 Å². The predicted octanol–water partition coefficient (Wildman–Crippen LogP) is 3.46. The molecule has 4 amide bonds. The van der Waals surface area contributed by atoms with Crippen molar-refractivity contribution in [3.8, 4) is 5.88 Å². The van der Waals surface area contributed by atoms with Crippen molar-refractivity contribution >= 4 is 45.9 Å². The number of aryl methyl sites for hydroxylation is 1. The number of carbonyl (C=O) groups is 5. The Hall–Kier alpha value is -4.91. The summed E-state index contributed by atoms with van der Waals surface area (Å²) in [6, 6.07) is 13.4. The largest absolute Gasteiger partial charge is 0.470 e. The first-order chi connectivity index (χ1) is 23.6. The molecule has 3 fully saturated rings. The molecule has 13 heteroatoms. The monoisotopic (exact) mass is 671 g/mol. The van der Waals surface area contributed by atoms with Gasteiger partial charge in [-0.25, -0.2) is 4.99 Å². The average molecular weight is 672 g/mol. The number of primary amides is 1. The fourth-order valence-corrected chi connectivity index (χ4v) is 7.13. The van der Waals surface area contributed by atoms with E-state index in [0.29, 0.717) is 11.3 Å². The average Bonchev–Trinajstić information content (AvgIpc) is 3.73. The Morgan fingerprint density at radius 1 is 1.02 bits per heavy atom. The SMILES string of the molecule is Cc1cc(O[C@H]2C[C@@H](C(=O)NC3(C(=O)C(N)=O)CCOCC3)N(C(=O)/C(CC3CCCCC3)=N/C(=O)c3ccc4ccccc4c3)C2)no1. The number of nitrogens with two attached hydrogens (primary N) is 1. The van der Waals surface area contributed by atoms with Gasteiger partial charge in [0.25, 0.3) is 23.6 Å². The van der Waals surface area contributed by atoms with Crippen LogP contribution in [0.4, 0.5) is 0 Å². The van der Waals surface area contributed by atoms with Crippen molar-refractivity contribution in [3.63, 3.8) is 0 Å². The van der Waals surface area contributed by atoms with Crippen molar-refractivity contribution in [3.05, 3.63) is 59.9 Å². The van der Waals surface area contributed by atoms with E-state index in [-0.39, 0.29) is 63.0 Å². The third-order valence-corrected chi connectivity index (χ3v) is 9.77. The van der Waals surface area contributed by atoms with Crippen LogP contribution in [0.2, 0.25) is 0 Å². The zero-order valence-electron chi connectivity index (χ0n) is 27.5. The highest BCUT2D eigenvalue weighted by Crippen LogP contribution is 2.30. The number of fused-ring (bicyclic) bond motifs is 1. The molecular formula is C36H41N5O8. The molecule has 3 N–H and O–H groups in total. The molecular weight excluding hydrogens is 630 g/mol. The van der Waals surface area contributed by atoms with Gasteiger partial charge in [0.2, 0.25) is 11.7 Å². The number of Topliss-reactive ketones (excluding diaryl/α,β-unsaturated/α-hetero) is 1. The molecule has 2 aromatic carbocycles. The lowest BCUT2D eigenvalue weighted by Gasteiger charge is -2.37. The lowest BCUT2D eigenvalue weighted by molar-refractivity contribution is -0.146. The van der Waals surface area contributed by atoms with E-state index in [1.165, 1.54) is 4.90 Å². The van der Waals surface area contributed by atoms with E-state index < -0.39 is 47.1 Å². The molecule has 1 aromatic heterocycles. The maximum atomic E-state index is 14.5. The van der Waals surface area contributed by atoms with E-state index in [2.05, 4.69) is 15.5 Å². The number of benzene rings is 2. The summed E-state index contributed by atoms with van der Waals surface area (Å²) in [5, 5.41) is 8.51. The Labute approximate surface area is 283 Å². The number of hydrogen-bond donors (Lipinski definition) is 2. The fraction of sp³-hybridized carbons (Fsp3) is 0.472. The molecule has 0 radical (unpaired) electrons. The summed E-state index contributed by atoms with van der Waals surface area (Å²) < 4.78 is 16.6. The minimum atomic E-state index is -1.57. The Kier molecular flexibility index (Phi) is 10.2. The Bertz CT molecular complexity index is 1770. The zero-order chi connectivity index (χ0) is 34.5. The smallest absolute Gasteiger partial charge is 0.287 e. The van der Waals surface area contributed by atoms with Gasteiger partial charge in [0.05, 0.1) is 6.54 Å². The van der Waals surface area contributed by atoms with Gasteiger partial charge >= 0.3 is 0 Å². The number of ketones is 1. The molecule has 3 aromatic rings. The first-order valence-corrected chi connectivity index (χ1v) is 16.9. The van der Waals surface area contributed by atoms with Gasteiger partial charge in [-0.2, -0.15) is 0 Å². The molecule has 1 aliphatic carbocycles. The van der Waals surface area contributed by atoms with Crippen molar-refractivity contribution in [2.75, 3.05) is 19.8 Å². The summed E-state index contributed by atoms with van der Waals surface area (Å²) >= 11 is 0. The van der Waals surface area contributed by atoms with E-state index in [1.54, 1.807) is 25.1 Å². The number of aromatic nitrogens is 1. The summed E-state index contributed by atoms with van der Waals surface area (Å²) in [6.07, 6.45) is 4.71. The van der Waals surface area contributed by atoms with Crippen LogP contribution < -0.4 is 15.8 Å². The first kappa shape index (κ1) is 34.0. The molecule has 0 unspecified atom stereocenters. The summed E-state index contributed by atoms with van der Waals surface area (Å²) in [4.78, 5) is 73.2. The molecule has 258 valence electrons. The Morgan fingerprint density at radius 3 is 2.45 bits per heavy atom. The molecule has 2 saturated heterocycles. The van der Waals surface area contributed by atoms with E-state index >= 15 is 0 Å². The number of aliphatic imine (C=N–C) groups is 1. The number of hydrogen-bond acceptors (Lipinski definition) is 9. The Morgan fingerprint density at radius 2 is 1.76 bits per heavy atom. The molecule has 2 atom stereocenters. The second kappa shape index (κ2) is 14.7. The van der Waals surface area contributed by atoms with Gasteiger partial charge in [-0.05, 0) is 47.3 Å². The van der Waals surface area contributed by atoms with Crippen LogP contribution in [0.1, 0.15) is 73.9 Å². The molecule has 0 spiro atoms. The third kappa shape index (κ3) is 7.72. The number of carbonyl (C=O) groups excluding carboxylic acids is 5. The van der Waals surface area contributed by atoms with Crippen molar-refractivity contribution < 1.29 is 38.0 Å². The van der Waals surface area contributed by atoms with Gasteiger partial charge in [-0.1, -0.05) is 62.4 Å². The number of likely N-dealkylation sites (tertiary alicyclic amines) is 1. The van der Waals surface area contributed by atoms with E-state index in [9.17, 15) is 24.0 Å². The van der Waals surface area contributed by atoms with E-state index in [0.717, 1.165) is 42.9 Å². The van der Waals surface area contributed by atoms with Gasteiger partial charge < -0.3 is 29.9 Å². The number of nitrogens with one attached hydrogen (secondary N) is 1. The maximum Gasteiger partial charge on any atom is 0.287 e. The standard InChI is InChI=1S/C36H41N5O8/c1-22-17-30(40-49-22)48-27-20-29(34(45)39-36(31(42)32(37)43)13-15-47-16-14-36)41(21-27)35(46)28(18-23-7-3-2-4-8-23)38-33(44)26-12-11-24-9-5-6-10-25(24)19-26/h5-6,9-12,17,19,23,27,29H,2-4,7-8,13-16,18,20-21H2,1H3,(H2,37,43)(H,39,45)/b38-28+/t27-,29-/m0/s1. The number of amides is 4. The molecule has 1 saturated carbocycles. The molecule has 2 aliphatic heterocycles. The Balaban J connectivity index is 1.32. The van der Waals surface area contributed by atoms with Gasteiger partial charge in [-0.15, -0.1) is 0 Å². The zero-order valence-corrected chi connectivity index (χ0v) is 27.5. The van der Waals surface area contributed by atoms with Crippen molar-refractivity contribution in [1.82, 2.24) is 15.4 Å². The quantitative estimate of drug-likeness (QED) is 0.241. The fourth-order valence-electron chi connectivity index (χ4n) is 7.13. The lowest BCUT2D eigenvalue weighted by atomic mass is 9.84.